The summed E-state index contributed by atoms with van der Waals surface area (Å²) in [5, 5.41) is 4.53. The van der Waals surface area contributed by atoms with E-state index in [4.69, 9.17) is 14.2 Å². The smallest absolute Gasteiger partial charge is 0.282 e. The van der Waals surface area contributed by atoms with Crippen molar-refractivity contribution in [3.63, 3.8) is 0 Å². The lowest BCUT2D eigenvalue weighted by Crippen LogP contribution is -2.33. The standard InChI is InChI=1S/C19H24N4O3S/c1-12-7-8-15(25-5)16-17(12)27-19(20-16)23(10-6-9-22(3)4)18(24)14-11-13(2)26-21-14/h7-8,11H,6,9-10H2,1-5H3. The average molecular weight is 388 g/mol. The number of amides is 1. The fourth-order valence-electron chi connectivity index (χ4n) is 2.81. The van der Waals surface area contributed by atoms with Gasteiger partial charge in [0.15, 0.2) is 10.8 Å². The highest BCUT2D eigenvalue weighted by Gasteiger charge is 2.25. The lowest BCUT2D eigenvalue weighted by Gasteiger charge is -2.19. The summed E-state index contributed by atoms with van der Waals surface area (Å²) in [6.45, 7) is 5.22. The molecule has 0 N–H and O–H groups in total. The number of hydrogen-bond donors (Lipinski definition) is 0. The zero-order valence-corrected chi connectivity index (χ0v) is 17.1. The first kappa shape index (κ1) is 19.3. The normalized spacial score (nSPS) is 11.3. The quantitative estimate of drug-likeness (QED) is 0.617. The molecule has 0 aliphatic carbocycles. The molecule has 0 aliphatic heterocycles. The molecule has 2 aromatic heterocycles. The van der Waals surface area contributed by atoms with E-state index in [0.717, 1.165) is 28.7 Å². The van der Waals surface area contributed by atoms with Crippen molar-refractivity contribution in [3.8, 4) is 5.75 Å². The topological polar surface area (TPSA) is 71.7 Å². The maximum atomic E-state index is 13.1. The van der Waals surface area contributed by atoms with Gasteiger partial charge in [0, 0.05) is 12.6 Å². The Labute approximate surface area is 162 Å². The molecular weight excluding hydrogens is 364 g/mol. The van der Waals surface area contributed by atoms with Gasteiger partial charge in [-0.15, -0.1) is 0 Å². The maximum Gasteiger partial charge on any atom is 0.282 e. The van der Waals surface area contributed by atoms with Gasteiger partial charge in [-0.25, -0.2) is 4.98 Å². The molecule has 0 fully saturated rings. The molecule has 27 heavy (non-hydrogen) atoms. The first-order chi connectivity index (χ1) is 12.9. The second-order valence-electron chi connectivity index (χ2n) is 6.70. The zero-order chi connectivity index (χ0) is 19.6. The van der Waals surface area contributed by atoms with Crippen LogP contribution in [0.3, 0.4) is 0 Å². The van der Waals surface area contributed by atoms with Crippen LogP contribution in [-0.2, 0) is 0 Å². The highest BCUT2D eigenvalue weighted by Crippen LogP contribution is 2.36. The number of methoxy groups -OCH3 is 1. The molecule has 1 aromatic carbocycles. The van der Waals surface area contributed by atoms with Crippen LogP contribution in [0.2, 0.25) is 0 Å². The van der Waals surface area contributed by atoms with Crippen molar-refractivity contribution in [2.75, 3.05) is 39.2 Å². The Kier molecular flexibility index (Phi) is 5.76. The number of nitrogens with zero attached hydrogens (tertiary/aromatic N) is 4. The second kappa shape index (κ2) is 8.06. The third-order valence-electron chi connectivity index (χ3n) is 4.22. The van der Waals surface area contributed by atoms with Crippen molar-refractivity contribution in [2.24, 2.45) is 0 Å². The van der Waals surface area contributed by atoms with Gasteiger partial charge in [0.2, 0.25) is 0 Å². The van der Waals surface area contributed by atoms with E-state index in [2.05, 4.69) is 10.1 Å². The van der Waals surface area contributed by atoms with Gasteiger partial charge >= 0.3 is 0 Å². The van der Waals surface area contributed by atoms with E-state index in [0.29, 0.717) is 28.9 Å². The molecule has 0 atom stereocenters. The fourth-order valence-corrected chi connectivity index (χ4v) is 3.89. The van der Waals surface area contributed by atoms with Gasteiger partial charge in [0.1, 0.15) is 17.0 Å². The molecule has 0 bridgehead atoms. The molecule has 1 amide bonds. The van der Waals surface area contributed by atoms with E-state index in [1.807, 2.05) is 33.2 Å². The van der Waals surface area contributed by atoms with E-state index in [1.54, 1.807) is 25.0 Å². The summed E-state index contributed by atoms with van der Waals surface area (Å²) in [4.78, 5) is 21.6. The molecule has 0 spiro atoms. The first-order valence-electron chi connectivity index (χ1n) is 8.74. The molecule has 0 unspecified atom stereocenters. The van der Waals surface area contributed by atoms with Gasteiger partial charge in [0.25, 0.3) is 5.91 Å². The molecular formula is C19H24N4O3S. The van der Waals surface area contributed by atoms with Gasteiger partial charge < -0.3 is 14.2 Å². The van der Waals surface area contributed by atoms with Crippen LogP contribution in [0.15, 0.2) is 22.7 Å². The minimum absolute atomic E-state index is 0.207. The molecule has 0 saturated carbocycles. The van der Waals surface area contributed by atoms with E-state index in [1.165, 1.54) is 11.3 Å². The number of rotatable bonds is 7. The molecule has 0 saturated heterocycles. The van der Waals surface area contributed by atoms with E-state index in [-0.39, 0.29) is 5.91 Å². The monoisotopic (exact) mass is 388 g/mol. The Morgan fingerprint density at radius 1 is 1.26 bits per heavy atom. The molecule has 3 aromatic rings. The van der Waals surface area contributed by atoms with Crippen molar-refractivity contribution in [2.45, 2.75) is 20.3 Å². The molecule has 3 rings (SSSR count). The Morgan fingerprint density at radius 3 is 2.67 bits per heavy atom. The number of fused-ring (bicyclic) bond motifs is 1. The maximum absolute atomic E-state index is 13.1. The molecule has 8 heteroatoms. The lowest BCUT2D eigenvalue weighted by atomic mass is 10.2. The summed E-state index contributed by atoms with van der Waals surface area (Å²) >= 11 is 1.49. The summed E-state index contributed by atoms with van der Waals surface area (Å²) < 4.78 is 11.5. The third kappa shape index (κ3) is 4.12. The lowest BCUT2D eigenvalue weighted by molar-refractivity contribution is 0.0977. The predicted octanol–water partition coefficient (Wildman–Crippen LogP) is 3.51. The number of thiazole rings is 1. The molecule has 2 heterocycles. The first-order valence-corrected chi connectivity index (χ1v) is 9.56. The zero-order valence-electron chi connectivity index (χ0n) is 16.3. The van der Waals surface area contributed by atoms with Crippen LogP contribution in [-0.4, -0.2) is 55.2 Å². The summed E-state index contributed by atoms with van der Waals surface area (Å²) in [5.74, 6) is 1.10. The van der Waals surface area contributed by atoms with E-state index < -0.39 is 0 Å². The van der Waals surface area contributed by atoms with Crippen molar-refractivity contribution >= 4 is 32.6 Å². The predicted molar refractivity (Wildman–Crippen MR) is 107 cm³/mol. The van der Waals surface area contributed by atoms with Crippen LogP contribution in [0.1, 0.15) is 28.2 Å². The molecule has 0 radical (unpaired) electrons. The molecule has 7 nitrogen and oxygen atoms in total. The van der Waals surface area contributed by atoms with Gasteiger partial charge in [-0.1, -0.05) is 22.6 Å². The van der Waals surface area contributed by atoms with Crippen LogP contribution in [0.25, 0.3) is 10.2 Å². The van der Waals surface area contributed by atoms with Crippen LogP contribution in [0.5, 0.6) is 5.75 Å². The van der Waals surface area contributed by atoms with E-state index >= 15 is 0 Å². The van der Waals surface area contributed by atoms with Gasteiger partial charge in [-0.05, 0) is 52.5 Å². The summed E-state index contributed by atoms with van der Waals surface area (Å²) in [6.07, 6.45) is 0.821. The average Bonchev–Trinajstić information content (AvgIpc) is 3.25. The van der Waals surface area contributed by atoms with Crippen LogP contribution < -0.4 is 9.64 Å². The Bertz CT molecular complexity index is 948. The largest absolute Gasteiger partial charge is 0.494 e. The van der Waals surface area contributed by atoms with E-state index in [9.17, 15) is 4.79 Å². The van der Waals surface area contributed by atoms with Crippen molar-refractivity contribution in [3.05, 3.63) is 35.2 Å². The number of aromatic nitrogens is 2. The second-order valence-corrected chi connectivity index (χ2v) is 7.67. The Hall–Kier alpha value is -2.45. The molecule has 144 valence electrons. The summed E-state index contributed by atoms with van der Waals surface area (Å²) in [6, 6.07) is 5.56. The highest BCUT2D eigenvalue weighted by atomic mass is 32.1. The number of hydrogen-bond acceptors (Lipinski definition) is 7. The van der Waals surface area contributed by atoms with Crippen molar-refractivity contribution in [1.29, 1.82) is 0 Å². The SMILES string of the molecule is COc1ccc(C)c2sc(N(CCCN(C)C)C(=O)c3cc(C)on3)nc12. The molecule has 0 aliphatic rings. The Balaban J connectivity index is 2.00. The number of anilines is 1. The number of ether oxygens (including phenoxy) is 1. The van der Waals surface area contributed by atoms with Gasteiger partial charge in [-0.2, -0.15) is 0 Å². The van der Waals surface area contributed by atoms with Crippen LogP contribution in [0.4, 0.5) is 5.13 Å². The van der Waals surface area contributed by atoms with Crippen molar-refractivity contribution < 1.29 is 14.1 Å². The summed E-state index contributed by atoms with van der Waals surface area (Å²) in [5.41, 5.74) is 2.17. The van der Waals surface area contributed by atoms with Gasteiger partial charge in [0.05, 0.1) is 11.8 Å². The third-order valence-corrected chi connectivity index (χ3v) is 5.44. The van der Waals surface area contributed by atoms with Crippen LogP contribution in [0, 0.1) is 13.8 Å². The minimum Gasteiger partial charge on any atom is -0.494 e. The minimum atomic E-state index is -0.207. The number of aryl methyl sites for hydroxylation is 2. The number of carbonyl (C=O) groups is 1. The van der Waals surface area contributed by atoms with Gasteiger partial charge in [-0.3, -0.25) is 9.69 Å². The Morgan fingerprint density at radius 2 is 2.04 bits per heavy atom. The van der Waals surface area contributed by atoms with Crippen molar-refractivity contribution in [1.82, 2.24) is 15.0 Å². The van der Waals surface area contributed by atoms with Crippen LogP contribution >= 0.6 is 11.3 Å². The highest BCUT2D eigenvalue weighted by molar-refractivity contribution is 7.22. The summed E-state index contributed by atoms with van der Waals surface area (Å²) in [7, 11) is 5.65. The number of benzene rings is 1. The fraction of sp³-hybridized carbons (Fsp3) is 0.421. The number of carbonyl (C=O) groups excluding carboxylic acids is 1.